The highest BCUT2D eigenvalue weighted by atomic mass is 32.2. The second-order valence-electron chi connectivity index (χ2n) is 1.11. The third-order valence-electron chi connectivity index (χ3n) is 0.551. The van der Waals surface area contributed by atoms with Gasteiger partial charge in [0.05, 0.1) is 0 Å². The largest absolute Gasteiger partial charge is 0.610 e. The molecule has 1 aromatic heterocycles. The molecule has 3 nitrogen and oxygen atoms in total. The van der Waals surface area contributed by atoms with Gasteiger partial charge in [0, 0.05) is 11.2 Å². The molecule has 1 aromatic rings. The number of hydrogen-bond donors (Lipinski definition) is 0. The van der Waals surface area contributed by atoms with E-state index < -0.39 is 11.2 Å². The van der Waals surface area contributed by atoms with Crippen LogP contribution in [-0.2, 0) is 11.2 Å². The highest BCUT2D eigenvalue weighted by molar-refractivity contribution is 7.92. The van der Waals surface area contributed by atoms with Crippen molar-refractivity contribution in [1.82, 2.24) is 10.2 Å². The summed E-state index contributed by atoms with van der Waals surface area (Å²) in [6.45, 7) is 0. The van der Waals surface area contributed by atoms with Gasteiger partial charge < -0.3 is 4.55 Å². The summed E-state index contributed by atoms with van der Waals surface area (Å²) in [7, 11) is 0. The highest BCUT2D eigenvalue weighted by Gasteiger charge is 2.05. The third-order valence-corrected chi connectivity index (χ3v) is 2.51. The minimum atomic E-state index is -0.984. The lowest BCUT2D eigenvalue weighted by molar-refractivity contribution is 0.599. The number of nitrogens with zero attached hydrogens (tertiary/aromatic N) is 2. The third kappa shape index (κ3) is 1.18. The van der Waals surface area contributed by atoms with Crippen LogP contribution in [0.5, 0.6) is 0 Å². The van der Waals surface area contributed by atoms with Gasteiger partial charge in [-0.05, 0) is 11.3 Å². The summed E-state index contributed by atoms with van der Waals surface area (Å²) >= 11 is 0.199. The monoisotopic (exact) mass is 147 g/mol. The zero-order valence-corrected chi connectivity index (χ0v) is 5.75. The van der Waals surface area contributed by atoms with Gasteiger partial charge in [-0.3, -0.25) is 0 Å². The van der Waals surface area contributed by atoms with E-state index in [1.807, 2.05) is 0 Å². The van der Waals surface area contributed by atoms with Crippen LogP contribution >= 0.6 is 11.3 Å². The van der Waals surface area contributed by atoms with E-state index in [9.17, 15) is 4.55 Å². The van der Waals surface area contributed by atoms with Crippen LogP contribution in [0.2, 0.25) is 0 Å². The fourth-order valence-electron chi connectivity index (χ4n) is 0.257. The first-order valence-electron chi connectivity index (χ1n) is 1.83. The first-order chi connectivity index (χ1) is 3.80. The van der Waals surface area contributed by atoms with E-state index >= 15 is 0 Å². The Labute approximate surface area is 53.9 Å². The molecule has 0 spiro atoms. The molecule has 0 saturated heterocycles. The van der Waals surface area contributed by atoms with Gasteiger partial charge in [0.15, 0.2) is 5.51 Å². The standard InChI is InChI=1S/C3H3N2OS2/c1-8(6)3-5-4-2-7-3/h1H3. The summed E-state index contributed by atoms with van der Waals surface area (Å²) in [6.07, 6.45) is 1.56. The van der Waals surface area contributed by atoms with E-state index in [-0.39, 0.29) is 0 Å². The van der Waals surface area contributed by atoms with Crippen molar-refractivity contribution >= 4 is 22.5 Å². The molecule has 0 fully saturated rings. The molecular formula is C3H3N2OS2. The minimum Gasteiger partial charge on any atom is -0.610 e. The van der Waals surface area contributed by atoms with E-state index in [4.69, 9.17) is 0 Å². The van der Waals surface area contributed by atoms with Crippen LogP contribution in [0.4, 0.5) is 0 Å². The van der Waals surface area contributed by atoms with Crippen molar-refractivity contribution in [1.29, 1.82) is 0 Å². The molecule has 1 atom stereocenters. The van der Waals surface area contributed by atoms with Crippen LogP contribution < -0.4 is 0 Å². The highest BCUT2D eigenvalue weighted by Crippen LogP contribution is 2.07. The number of aromatic nitrogens is 2. The molecule has 1 radical (unpaired) electrons. The molecule has 0 aromatic carbocycles. The summed E-state index contributed by atoms with van der Waals surface area (Å²) < 4.78 is 11.0. The topological polar surface area (TPSA) is 48.8 Å². The van der Waals surface area contributed by atoms with Crippen LogP contribution in [0, 0.1) is 5.51 Å². The fraction of sp³-hybridized carbons (Fsp3) is 0.333. The van der Waals surface area contributed by atoms with E-state index in [0.29, 0.717) is 4.34 Å². The Balaban J connectivity index is 2.77. The van der Waals surface area contributed by atoms with E-state index in [1.165, 1.54) is 11.3 Å². The molecule has 1 heterocycles. The van der Waals surface area contributed by atoms with Gasteiger partial charge >= 0.3 is 4.34 Å². The van der Waals surface area contributed by atoms with Crippen molar-refractivity contribution in [3.05, 3.63) is 5.51 Å². The average Bonchev–Trinajstić information content (AvgIpc) is 2.12. The molecule has 0 aliphatic heterocycles. The van der Waals surface area contributed by atoms with Crippen LogP contribution in [-0.4, -0.2) is 21.0 Å². The Morgan fingerprint density at radius 1 is 1.88 bits per heavy atom. The Morgan fingerprint density at radius 3 is 2.88 bits per heavy atom. The van der Waals surface area contributed by atoms with Crippen molar-refractivity contribution in [3.63, 3.8) is 0 Å². The Kier molecular flexibility index (Phi) is 1.82. The van der Waals surface area contributed by atoms with Gasteiger partial charge in [0.2, 0.25) is 0 Å². The van der Waals surface area contributed by atoms with Crippen LogP contribution in [0.3, 0.4) is 0 Å². The van der Waals surface area contributed by atoms with Gasteiger partial charge in [-0.2, -0.15) is 0 Å². The van der Waals surface area contributed by atoms with Gasteiger partial charge in [-0.1, -0.05) is 5.10 Å². The van der Waals surface area contributed by atoms with Crippen LogP contribution in [0.15, 0.2) is 4.34 Å². The minimum absolute atomic E-state index is 0.532. The summed E-state index contributed by atoms with van der Waals surface area (Å²) in [6, 6.07) is 0. The van der Waals surface area contributed by atoms with E-state index in [1.54, 1.807) is 6.26 Å². The predicted octanol–water partition coefficient (Wildman–Crippen LogP) is 0.0757. The smallest absolute Gasteiger partial charge is 0.321 e. The van der Waals surface area contributed by atoms with Gasteiger partial charge in [-0.25, -0.2) is 0 Å². The molecule has 8 heavy (non-hydrogen) atoms. The zero-order valence-electron chi connectivity index (χ0n) is 4.12. The molecule has 1 rings (SSSR count). The molecular weight excluding hydrogens is 144 g/mol. The molecule has 0 saturated carbocycles. The molecule has 1 unspecified atom stereocenters. The molecule has 0 amide bonds. The summed E-state index contributed by atoms with van der Waals surface area (Å²) in [5, 5.41) is 6.92. The Hall–Kier alpha value is -0.130. The maximum atomic E-state index is 10.5. The fourth-order valence-corrected chi connectivity index (χ4v) is 1.24. The molecule has 5 heteroatoms. The first kappa shape index (κ1) is 6.00. The van der Waals surface area contributed by atoms with Gasteiger partial charge in [-0.15, -0.1) is 5.10 Å². The normalized spacial score (nSPS) is 13.8. The van der Waals surface area contributed by atoms with Crippen molar-refractivity contribution < 1.29 is 4.55 Å². The van der Waals surface area contributed by atoms with Crippen LogP contribution in [0.25, 0.3) is 0 Å². The summed E-state index contributed by atoms with van der Waals surface area (Å²) in [5.41, 5.74) is 2.50. The van der Waals surface area contributed by atoms with Crippen molar-refractivity contribution in [3.8, 4) is 0 Å². The van der Waals surface area contributed by atoms with Crippen LogP contribution in [0.1, 0.15) is 0 Å². The van der Waals surface area contributed by atoms with Gasteiger partial charge in [0.25, 0.3) is 0 Å². The molecule has 43 valence electrons. The second-order valence-corrected chi connectivity index (χ2v) is 3.44. The lowest BCUT2D eigenvalue weighted by Gasteiger charge is -1.93. The van der Waals surface area contributed by atoms with E-state index in [2.05, 4.69) is 15.7 Å². The molecule has 0 aliphatic carbocycles. The molecule has 0 aliphatic rings. The predicted molar refractivity (Wildman–Crippen MR) is 31.1 cm³/mol. The Bertz CT molecular complexity index is 150. The van der Waals surface area contributed by atoms with Gasteiger partial charge in [0.1, 0.15) is 6.26 Å². The zero-order chi connectivity index (χ0) is 5.98. The maximum absolute atomic E-state index is 10.5. The summed E-state index contributed by atoms with van der Waals surface area (Å²) in [5.74, 6) is 0. The van der Waals surface area contributed by atoms with E-state index in [0.717, 1.165) is 0 Å². The quantitative estimate of drug-likeness (QED) is 0.528. The lowest BCUT2D eigenvalue weighted by Crippen LogP contribution is -1.95. The average molecular weight is 147 g/mol. The Morgan fingerprint density at radius 2 is 2.62 bits per heavy atom. The number of rotatable bonds is 1. The number of hydrogen-bond acceptors (Lipinski definition) is 4. The van der Waals surface area contributed by atoms with Crippen molar-refractivity contribution in [2.75, 3.05) is 6.26 Å². The van der Waals surface area contributed by atoms with Crippen molar-refractivity contribution in [2.24, 2.45) is 0 Å². The molecule has 0 N–H and O–H groups in total. The molecule has 0 bridgehead atoms. The first-order valence-corrected chi connectivity index (χ1v) is 4.21. The lowest BCUT2D eigenvalue weighted by atomic mass is 11.6. The van der Waals surface area contributed by atoms with Crippen molar-refractivity contribution in [2.45, 2.75) is 4.34 Å². The second kappa shape index (κ2) is 2.43. The summed E-state index contributed by atoms with van der Waals surface area (Å²) in [4.78, 5) is 0. The SMILES string of the molecule is C[S+]([O-])c1nn[c]s1. The maximum Gasteiger partial charge on any atom is 0.321 e.